The summed E-state index contributed by atoms with van der Waals surface area (Å²) in [6.07, 6.45) is 10.4. The summed E-state index contributed by atoms with van der Waals surface area (Å²) in [4.78, 5) is 37.5. The first kappa shape index (κ1) is 29.6. The lowest BCUT2D eigenvalue weighted by atomic mass is 9.85. The van der Waals surface area contributed by atoms with Gasteiger partial charge in [-0.3, -0.25) is 14.5 Å². The number of aryl methyl sites for hydroxylation is 1. The maximum atomic E-state index is 11.3. The summed E-state index contributed by atoms with van der Waals surface area (Å²) >= 11 is 0. The summed E-state index contributed by atoms with van der Waals surface area (Å²) in [5.41, 5.74) is -2.29. The summed E-state index contributed by atoms with van der Waals surface area (Å²) in [5.74, 6) is -0.942. The van der Waals surface area contributed by atoms with Gasteiger partial charge in [0.1, 0.15) is 23.8 Å². The van der Waals surface area contributed by atoms with Crippen molar-refractivity contribution in [1.29, 1.82) is 0 Å². The monoisotopic (exact) mass is 543 g/mol. The van der Waals surface area contributed by atoms with Gasteiger partial charge in [0.05, 0.1) is 12.8 Å². The number of aliphatic carboxylic acids is 3. The molecule has 2 fully saturated rings. The SMILES string of the molecule is C#CCOc1ccc(CN2C3CCC2CC(O)(c2nccn2C)C3)cc1.O=C(O)CC(O)(CC(=O)O)C(=O)O. The highest BCUT2D eigenvalue weighted by molar-refractivity contribution is 5.88. The predicted molar refractivity (Wildman–Crippen MR) is 137 cm³/mol. The van der Waals surface area contributed by atoms with Gasteiger partial charge < -0.3 is 34.8 Å². The highest BCUT2D eigenvalue weighted by atomic mass is 16.5. The van der Waals surface area contributed by atoms with Crippen LogP contribution in [0.2, 0.25) is 0 Å². The zero-order chi connectivity index (χ0) is 28.8. The first-order chi connectivity index (χ1) is 18.4. The topological polar surface area (TPSA) is 183 Å². The number of imidazole rings is 1. The van der Waals surface area contributed by atoms with Crippen LogP contribution in [0.5, 0.6) is 5.75 Å². The van der Waals surface area contributed by atoms with Gasteiger partial charge in [0.15, 0.2) is 5.60 Å². The molecule has 0 spiro atoms. The number of carboxylic acid groups (broad SMARTS) is 3. The number of nitrogens with zero attached hydrogens (tertiary/aromatic N) is 3. The molecule has 3 heterocycles. The van der Waals surface area contributed by atoms with Gasteiger partial charge in [-0.25, -0.2) is 9.78 Å². The molecule has 2 atom stereocenters. The van der Waals surface area contributed by atoms with Crippen LogP contribution in [0.15, 0.2) is 36.7 Å². The average molecular weight is 544 g/mol. The van der Waals surface area contributed by atoms with E-state index in [9.17, 15) is 19.5 Å². The number of benzene rings is 1. The number of piperidine rings is 1. The summed E-state index contributed by atoms with van der Waals surface area (Å²) in [6, 6.07) is 8.95. The van der Waals surface area contributed by atoms with Gasteiger partial charge in [-0.2, -0.15) is 0 Å². The molecule has 2 aromatic rings. The molecule has 39 heavy (non-hydrogen) atoms. The van der Waals surface area contributed by atoms with Gasteiger partial charge in [0, 0.05) is 38.1 Å². The third kappa shape index (κ3) is 7.35. The Hall–Kier alpha value is -3.92. The van der Waals surface area contributed by atoms with Crippen LogP contribution < -0.4 is 4.74 Å². The van der Waals surface area contributed by atoms with Crippen LogP contribution in [0.25, 0.3) is 0 Å². The van der Waals surface area contributed by atoms with Crippen molar-refractivity contribution in [2.75, 3.05) is 6.61 Å². The molecule has 0 aliphatic carbocycles. The van der Waals surface area contributed by atoms with Crippen molar-refractivity contribution in [2.24, 2.45) is 7.05 Å². The molecular formula is C27H33N3O9. The van der Waals surface area contributed by atoms with E-state index < -0.39 is 42.0 Å². The van der Waals surface area contributed by atoms with Gasteiger partial charge in [-0.15, -0.1) is 6.42 Å². The number of fused-ring (bicyclic) bond motifs is 2. The van der Waals surface area contributed by atoms with Crippen molar-refractivity contribution in [1.82, 2.24) is 14.5 Å². The summed E-state index contributed by atoms with van der Waals surface area (Å²) in [7, 11) is 1.96. The molecule has 0 saturated carbocycles. The second-order valence-electron chi connectivity index (χ2n) is 9.97. The molecule has 1 aromatic carbocycles. The molecule has 4 rings (SSSR count). The van der Waals surface area contributed by atoms with Crippen molar-refractivity contribution in [3.8, 4) is 18.1 Å². The molecule has 2 aliphatic heterocycles. The van der Waals surface area contributed by atoms with Crippen LogP contribution in [-0.2, 0) is 33.6 Å². The number of hydrogen-bond acceptors (Lipinski definition) is 8. The molecule has 12 nitrogen and oxygen atoms in total. The zero-order valence-electron chi connectivity index (χ0n) is 21.6. The molecular weight excluding hydrogens is 510 g/mol. The molecule has 2 aliphatic rings. The fourth-order valence-electron chi connectivity index (χ4n) is 5.31. The Morgan fingerprint density at radius 2 is 1.67 bits per heavy atom. The number of terminal acetylenes is 1. The number of rotatable bonds is 10. The van der Waals surface area contributed by atoms with Crippen LogP contribution in [0.4, 0.5) is 0 Å². The average Bonchev–Trinajstić information content (AvgIpc) is 3.39. The standard InChI is InChI=1S/C21H25N3O2.C6H8O7/c1-3-12-26-19-8-4-16(5-9-19)15-24-17-6-7-18(24)14-21(25,13-17)20-22-10-11-23(20)2;7-3(8)1-6(13,5(11)12)2-4(9)10/h1,4-5,8-11,17-18,25H,6-7,12-15H2,2H3;13H,1-2H2,(H,7,8)(H,9,10)(H,11,12). The second-order valence-corrected chi connectivity index (χ2v) is 9.97. The quantitative estimate of drug-likeness (QED) is 0.271. The van der Waals surface area contributed by atoms with Crippen LogP contribution in [-0.4, -0.2) is 82.2 Å². The Balaban J connectivity index is 0.000000276. The van der Waals surface area contributed by atoms with E-state index in [0.29, 0.717) is 18.7 Å². The number of carbonyl (C=O) groups is 3. The highest BCUT2D eigenvalue weighted by Gasteiger charge is 2.49. The molecule has 0 radical (unpaired) electrons. The van der Waals surface area contributed by atoms with E-state index in [-0.39, 0.29) is 0 Å². The number of carboxylic acids is 3. The first-order valence-electron chi connectivity index (χ1n) is 12.4. The van der Waals surface area contributed by atoms with Gasteiger partial charge >= 0.3 is 17.9 Å². The number of aliphatic hydroxyl groups is 2. The van der Waals surface area contributed by atoms with Crippen molar-refractivity contribution in [2.45, 2.75) is 68.4 Å². The van der Waals surface area contributed by atoms with E-state index in [1.807, 2.05) is 29.9 Å². The maximum absolute atomic E-state index is 11.3. The lowest BCUT2D eigenvalue weighted by molar-refractivity contribution is -0.170. The fourth-order valence-corrected chi connectivity index (χ4v) is 5.31. The molecule has 0 amide bonds. The minimum atomic E-state index is -2.74. The van der Waals surface area contributed by atoms with Crippen molar-refractivity contribution in [3.05, 3.63) is 48.0 Å². The van der Waals surface area contributed by atoms with Crippen LogP contribution in [0, 0.1) is 12.3 Å². The minimum Gasteiger partial charge on any atom is -0.481 e. The molecule has 210 valence electrons. The van der Waals surface area contributed by atoms with Crippen molar-refractivity contribution >= 4 is 17.9 Å². The van der Waals surface area contributed by atoms with Crippen molar-refractivity contribution < 1.29 is 44.7 Å². The molecule has 5 N–H and O–H groups in total. The number of ether oxygens (including phenoxy) is 1. The van der Waals surface area contributed by atoms with Crippen LogP contribution in [0.3, 0.4) is 0 Å². The summed E-state index contributed by atoms with van der Waals surface area (Å²) < 4.78 is 7.39. The predicted octanol–water partition coefficient (Wildman–Crippen LogP) is 1.20. The highest BCUT2D eigenvalue weighted by Crippen LogP contribution is 2.45. The lowest BCUT2D eigenvalue weighted by Crippen LogP contribution is -2.50. The smallest absolute Gasteiger partial charge is 0.336 e. The third-order valence-corrected chi connectivity index (χ3v) is 7.05. The van der Waals surface area contributed by atoms with Gasteiger partial charge in [0.25, 0.3) is 0 Å². The Morgan fingerprint density at radius 1 is 1.10 bits per heavy atom. The van der Waals surface area contributed by atoms with E-state index in [0.717, 1.165) is 43.8 Å². The molecule has 12 heteroatoms. The van der Waals surface area contributed by atoms with E-state index in [1.54, 1.807) is 6.20 Å². The third-order valence-electron chi connectivity index (χ3n) is 7.05. The Bertz CT molecular complexity index is 1190. The van der Waals surface area contributed by atoms with Crippen molar-refractivity contribution in [3.63, 3.8) is 0 Å². The van der Waals surface area contributed by atoms with Gasteiger partial charge in [0.2, 0.25) is 0 Å². The van der Waals surface area contributed by atoms with Crippen LogP contribution >= 0.6 is 0 Å². The minimum absolute atomic E-state index is 0.293. The Kier molecular flexibility index (Phi) is 9.34. The lowest BCUT2D eigenvalue weighted by Gasteiger charge is -2.43. The van der Waals surface area contributed by atoms with E-state index >= 15 is 0 Å². The number of hydrogen-bond donors (Lipinski definition) is 5. The summed E-state index contributed by atoms with van der Waals surface area (Å²) in [6.45, 7) is 1.20. The first-order valence-corrected chi connectivity index (χ1v) is 12.4. The van der Waals surface area contributed by atoms with Crippen LogP contribution in [0.1, 0.15) is 49.9 Å². The van der Waals surface area contributed by atoms with E-state index in [1.165, 1.54) is 5.56 Å². The Morgan fingerprint density at radius 3 is 2.10 bits per heavy atom. The maximum Gasteiger partial charge on any atom is 0.336 e. The van der Waals surface area contributed by atoms with E-state index in [4.69, 9.17) is 31.6 Å². The normalized spacial score (nSPS) is 22.3. The fraction of sp³-hybridized carbons (Fsp3) is 0.481. The Labute approximate surface area is 225 Å². The van der Waals surface area contributed by atoms with Gasteiger partial charge in [-0.05, 0) is 43.4 Å². The molecule has 2 saturated heterocycles. The molecule has 1 aromatic heterocycles. The van der Waals surface area contributed by atoms with Gasteiger partial charge in [-0.1, -0.05) is 18.1 Å². The largest absolute Gasteiger partial charge is 0.481 e. The molecule has 2 bridgehead atoms. The van der Waals surface area contributed by atoms with E-state index in [2.05, 4.69) is 27.9 Å². The second kappa shape index (κ2) is 12.3. The molecule has 2 unspecified atom stereocenters. The number of aromatic nitrogens is 2. The zero-order valence-corrected chi connectivity index (χ0v) is 21.6. The summed E-state index contributed by atoms with van der Waals surface area (Å²) in [5, 5.41) is 45.1.